The lowest BCUT2D eigenvalue weighted by Gasteiger charge is -2.31. The quantitative estimate of drug-likeness (QED) is 0.845. The van der Waals surface area contributed by atoms with E-state index in [1.165, 1.54) is 31.4 Å². The van der Waals surface area contributed by atoms with Gasteiger partial charge in [0.25, 0.3) is 0 Å². The second-order valence-electron chi connectivity index (χ2n) is 4.84. The Bertz CT molecular complexity index is 319. The summed E-state index contributed by atoms with van der Waals surface area (Å²) in [6.45, 7) is 4.42. The van der Waals surface area contributed by atoms with Crippen LogP contribution in [0.15, 0.2) is 12.3 Å². The highest BCUT2D eigenvalue weighted by Gasteiger charge is 2.27. The van der Waals surface area contributed by atoms with Crippen LogP contribution in [-0.2, 0) is 7.05 Å². The Morgan fingerprint density at radius 2 is 2.25 bits per heavy atom. The van der Waals surface area contributed by atoms with Crippen LogP contribution in [0.4, 0.5) is 0 Å². The standard InChI is InChI=1S/C13H23N3/c1-3-14-10-11-6-4-5-7-12(11)13-8-9-15-16(13)2/h8-9,11-12,14H,3-7,10H2,1-2H3. The smallest absolute Gasteiger partial charge is 0.0492 e. The summed E-state index contributed by atoms with van der Waals surface area (Å²) in [5.74, 6) is 1.50. The highest BCUT2D eigenvalue weighted by Crippen LogP contribution is 2.36. The van der Waals surface area contributed by atoms with E-state index in [2.05, 4.69) is 35.1 Å². The Morgan fingerprint density at radius 3 is 2.94 bits per heavy atom. The molecule has 1 aromatic heterocycles. The molecule has 90 valence electrons. The maximum Gasteiger partial charge on any atom is 0.0492 e. The van der Waals surface area contributed by atoms with Crippen molar-refractivity contribution in [3.63, 3.8) is 0 Å². The zero-order valence-electron chi connectivity index (χ0n) is 10.4. The molecule has 16 heavy (non-hydrogen) atoms. The van der Waals surface area contributed by atoms with Crippen LogP contribution in [0.3, 0.4) is 0 Å². The second-order valence-corrected chi connectivity index (χ2v) is 4.84. The molecule has 0 radical (unpaired) electrons. The summed E-state index contributed by atoms with van der Waals surface area (Å²) in [5.41, 5.74) is 1.42. The van der Waals surface area contributed by atoms with Crippen molar-refractivity contribution in [3.8, 4) is 0 Å². The van der Waals surface area contributed by atoms with E-state index in [1.807, 2.05) is 6.20 Å². The number of rotatable bonds is 4. The minimum Gasteiger partial charge on any atom is -0.317 e. The van der Waals surface area contributed by atoms with Gasteiger partial charge in [-0.1, -0.05) is 19.8 Å². The monoisotopic (exact) mass is 221 g/mol. The van der Waals surface area contributed by atoms with E-state index in [9.17, 15) is 0 Å². The lowest BCUT2D eigenvalue weighted by molar-refractivity contribution is 0.287. The van der Waals surface area contributed by atoms with Crippen LogP contribution in [0.25, 0.3) is 0 Å². The topological polar surface area (TPSA) is 29.9 Å². The van der Waals surface area contributed by atoms with Gasteiger partial charge in [-0.15, -0.1) is 0 Å². The van der Waals surface area contributed by atoms with Gasteiger partial charge in [0, 0.05) is 24.9 Å². The van der Waals surface area contributed by atoms with Gasteiger partial charge in [0.2, 0.25) is 0 Å². The fraction of sp³-hybridized carbons (Fsp3) is 0.769. The van der Waals surface area contributed by atoms with Gasteiger partial charge >= 0.3 is 0 Å². The Morgan fingerprint density at radius 1 is 1.44 bits per heavy atom. The summed E-state index contributed by atoms with van der Waals surface area (Å²) in [4.78, 5) is 0. The lowest BCUT2D eigenvalue weighted by Crippen LogP contribution is -2.30. The van der Waals surface area contributed by atoms with Crippen molar-refractivity contribution < 1.29 is 0 Å². The number of hydrogen-bond donors (Lipinski definition) is 1. The SMILES string of the molecule is CCNCC1CCCCC1c1ccnn1C. The molecule has 0 bridgehead atoms. The van der Waals surface area contributed by atoms with Crippen molar-refractivity contribution in [2.75, 3.05) is 13.1 Å². The molecular weight excluding hydrogens is 198 g/mol. The van der Waals surface area contributed by atoms with E-state index < -0.39 is 0 Å². The normalized spacial score (nSPS) is 25.9. The average Bonchev–Trinajstić information content (AvgIpc) is 2.73. The Labute approximate surface area is 98.2 Å². The first-order valence-corrected chi connectivity index (χ1v) is 6.51. The molecule has 1 heterocycles. The molecule has 2 unspecified atom stereocenters. The molecule has 1 saturated carbocycles. The molecule has 1 aromatic rings. The summed E-state index contributed by atoms with van der Waals surface area (Å²) < 4.78 is 2.05. The first-order valence-electron chi connectivity index (χ1n) is 6.51. The molecule has 0 aromatic carbocycles. The van der Waals surface area contributed by atoms with Gasteiger partial charge < -0.3 is 5.32 Å². The van der Waals surface area contributed by atoms with Crippen molar-refractivity contribution in [3.05, 3.63) is 18.0 Å². The number of nitrogens with zero attached hydrogens (tertiary/aromatic N) is 2. The molecule has 0 saturated heterocycles. The van der Waals surface area contributed by atoms with Crippen LogP contribution in [0.2, 0.25) is 0 Å². The van der Waals surface area contributed by atoms with Crippen LogP contribution in [0.5, 0.6) is 0 Å². The second kappa shape index (κ2) is 5.48. The molecule has 3 heteroatoms. The van der Waals surface area contributed by atoms with Gasteiger partial charge in [-0.3, -0.25) is 4.68 Å². The summed E-state index contributed by atoms with van der Waals surface area (Å²) in [6, 6.07) is 2.19. The zero-order chi connectivity index (χ0) is 11.4. The van der Waals surface area contributed by atoms with Crippen LogP contribution >= 0.6 is 0 Å². The molecule has 1 aliphatic rings. The van der Waals surface area contributed by atoms with Gasteiger partial charge in [-0.05, 0) is 37.9 Å². The van der Waals surface area contributed by atoms with Gasteiger partial charge in [0.15, 0.2) is 0 Å². The molecule has 1 fully saturated rings. The summed E-state index contributed by atoms with van der Waals surface area (Å²) >= 11 is 0. The van der Waals surface area contributed by atoms with Crippen LogP contribution in [0, 0.1) is 5.92 Å². The molecule has 0 amide bonds. The number of aryl methyl sites for hydroxylation is 1. The van der Waals surface area contributed by atoms with E-state index in [4.69, 9.17) is 0 Å². The third-order valence-corrected chi connectivity index (χ3v) is 3.80. The van der Waals surface area contributed by atoms with Gasteiger partial charge in [-0.25, -0.2) is 0 Å². The maximum absolute atomic E-state index is 4.30. The molecule has 1 aliphatic carbocycles. The van der Waals surface area contributed by atoms with Crippen molar-refractivity contribution >= 4 is 0 Å². The Balaban J connectivity index is 2.07. The van der Waals surface area contributed by atoms with Crippen molar-refractivity contribution in [2.24, 2.45) is 13.0 Å². The molecule has 0 spiro atoms. The van der Waals surface area contributed by atoms with E-state index in [0.29, 0.717) is 5.92 Å². The molecular formula is C13H23N3. The largest absolute Gasteiger partial charge is 0.317 e. The summed E-state index contributed by atoms with van der Waals surface area (Å²) in [7, 11) is 2.06. The zero-order valence-corrected chi connectivity index (χ0v) is 10.4. The minimum absolute atomic E-state index is 0.709. The lowest BCUT2D eigenvalue weighted by atomic mass is 9.77. The van der Waals surface area contributed by atoms with E-state index in [1.54, 1.807) is 0 Å². The first kappa shape index (κ1) is 11.6. The average molecular weight is 221 g/mol. The highest BCUT2D eigenvalue weighted by atomic mass is 15.3. The fourth-order valence-corrected chi connectivity index (χ4v) is 2.92. The minimum atomic E-state index is 0.709. The van der Waals surface area contributed by atoms with Crippen LogP contribution < -0.4 is 5.32 Å². The Hall–Kier alpha value is -0.830. The van der Waals surface area contributed by atoms with Gasteiger partial charge in [0.1, 0.15) is 0 Å². The van der Waals surface area contributed by atoms with E-state index in [0.717, 1.165) is 19.0 Å². The molecule has 3 nitrogen and oxygen atoms in total. The van der Waals surface area contributed by atoms with Crippen LogP contribution in [-0.4, -0.2) is 22.9 Å². The first-order chi connectivity index (χ1) is 7.83. The number of hydrogen-bond acceptors (Lipinski definition) is 2. The number of nitrogens with one attached hydrogen (secondary N) is 1. The van der Waals surface area contributed by atoms with Gasteiger partial charge in [0.05, 0.1) is 0 Å². The van der Waals surface area contributed by atoms with Crippen molar-refractivity contribution in [1.82, 2.24) is 15.1 Å². The van der Waals surface area contributed by atoms with Crippen LogP contribution in [0.1, 0.15) is 44.2 Å². The number of aromatic nitrogens is 2. The van der Waals surface area contributed by atoms with Crippen molar-refractivity contribution in [1.29, 1.82) is 0 Å². The summed E-state index contributed by atoms with van der Waals surface area (Å²) in [6.07, 6.45) is 7.38. The fourth-order valence-electron chi connectivity index (χ4n) is 2.92. The predicted molar refractivity (Wildman–Crippen MR) is 66.5 cm³/mol. The van der Waals surface area contributed by atoms with E-state index >= 15 is 0 Å². The molecule has 2 atom stereocenters. The predicted octanol–water partition coefficient (Wildman–Crippen LogP) is 2.30. The van der Waals surface area contributed by atoms with Gasteiger partial charge in [-0.2, -0.15) is 5.10 Å². The maximum atomic E-state index is 4.30. The van der Waals surface area contributed by atoms with E-state index in [-0.39, 0.29) is 0 Å². The van der Waals surface area contributed by atoms with Crippen molar-refractivity contribution in [2.45, 2.75) is 38.5 Å². The Kier molecular flexibility index (Phi) is 3.99. The highest BCUT2D eigenvalue weighted by molar-refractivity contribution is 5.10. The summed E-state index contributed by atoms with van der Waals surface area (Å²) in [5, 5.41) is 7.80. The molecule has 1 N–H and O–H groups in total. The third-order valence-electron chi connectivity index (χ3n) is 3.80. The molecule has 2 rings (SSSR count). The third kappa shape index (κ3) is 2.46. The molecule has 0 aliphatic heterocycles.